The summed E-state index contributed by atoms with van der Waals surface area (Å²) in [4.78, 5) is 26.7. The first-order chi connectivity index (χ1) is 12.5. The van der Waals surface area contributed by atoms with Gasteiger partial charge in [-0.05, 0) is 50.1 Å². The molecule has 0 radical (unpaired) electrons. The average Bonchev–Trinajstić information content (AvgIpc) is 3.03. The summed E-state index contributed by atoms with van der Waals surface area (Å²) in [6.07, 6.45) is 0.669. The van der Waals surface area contributed by atoms with Crippen LogP contribution in [0.2, 0.25) is 0 Å². The van der Waals surface area contributed by atoms with Gasteiger partial charge in [-0.1, -0.05) is 30.3 Å². The Labute approximate surface area is 154 Å². The number of carbonyl (C=O) groups excluding carboxylic acids is 2. The highest BCUT2D eigenvalue weighted by Crippen LogP contribution is 2.25. The van der Waals surface area contributed by atoms with Gasteiger partial charge < -0.3 is 15.0 Å². The molecule has 5 heteroatoms. The van der Waals surface area contributed by atoms with Crippen molar-refractivity contribution < 1.29 is 14.3 Å². The number of ether oxygens (including phenoxy) is 1. The molecular weight excluding hydrogens is 328 g/mol. The van der Waals surface area contributed by atoms with Crippen LogP contribution in [0.4, 0.5) is 5.69 Å². The van der Waals surface area contributed by atoms with Gasteiger partial charge in [-0.2, -0.15) is 0 Å². The van der Waals surface area contributed by atoms with E-state index in [2.05, 4.69) is 5.32 Å². The maximum absolute atomic E-state index is 12.6. The number of nitrogens with one attached hydrogen (secondary N) is 1. The number of rotatable bonds is 6. The standard InChI is InChI=1S/C21H24N2O3/c1-15(2)26-18-10-8-16(9-11-18)14-22-20(24)19-12-13-23(21(19)25)17-6-4-3-5-7-17/h3-11,15,19H,12-14H2,1-2H3,(H,22,24)/t19-/m1/s1. The van der Waals surface area contributed by atoms with E-state index in [4.69, 9.17) is 4.74 Å². The molecule has 0 spiro atoms. The Bertz CT molecular complexity index is 757. The second-order valence-corrected chi connectivity index (χ2v) is 6.70. The third kappa shape index (κ3) is 4.23. The van der Waals surface area contributed by atoms with Crippen LogP contribution in [-0.4, -0.2) is 24.5 Å². The molecule has 0 aromatic heterocycles. The first kappa shape index (κ1) is 18.0. The topological polar surface area (TPSA) is 58.6 Å². The Hall–Kier alpha value is -2.82. The monoisotopic (exact) mass is 352 g/mol. The highest BCUT2D eigenvalue weighted by atomic mass is 16.5. The van der Waals surface area contributed by atoms with E-state index in [-0.39, 0.29) is 17.9 Å². The lowest BCUT2D eigenvalue weighted by Gasteiger charge is -2.16. The van der Waals surface area contributed by atoms with Crippen molar-refractivity contribution in [3.8, 4) is 5.75 Å². The van der Waals surface area contributed by atoms with Crippen LogP contribution in [0.1, 0.15) is 25.8 Å². The van der Waals surface area contributed by atoms with Gasteiger partial charge in [0.1, 0.15) is 11.7 Å². The molecule has 1 heterocycles. The molecule has 2 aromatic carbocycles. The smallest absolute Gasteiger partial charge is 0.239 e. The molecule has 2 amide bonds. The Kier molecular flexibility index (Phi) is 5.56. The number of para-hydroxylation sites is 1. The predicted molar refractivity (Wildman–Crippen MR) is 101 cm³/mol. The van der Waals surface area contributed by atoms with Crippen LogP contribution >= 0.6 is 0 Å². The van der Waals surface area contributed by atoms with Crippen LogP contribution in [0, 0.1) is 5.92 Å². The maximum Gasteiger partial charge on any atom is 0.239 e. The molecule has 1 fully saturated rings. The van der Waals surface area contributed by atoms with E-state index in [1.165, 1.54) is 0 Å². The molecule has 0 saturated carbocycles. The van der Waals surface area contributed by atoms with E-state index >= 15 is 0 Å². The minimum absolute atomic E-state index is 0.126. The number of amides is 2. The Morgan fingerprint density at radius 2 is 1.85 bits per heavy atom. The second kappa shape index (κ2) is 8.04. The molecule has 3 rings (SSSR count). The summed E-state index contributed by atoms with van der Waals surface area (Å²) >= 11 is 0. The van der Waals surface area contributed by atoms with Gasteiger partial charge in [0.05, 0.1) is 6.10 Å². The van der Waals surface area contributed by atoms with Crippen molar-refractivity contribution in [1.82, 2.24) is 5.32 Å². The first-order valence-electron chi connectivity index (χ1n) is 8.94. The molecule has 5 nitrogen and oxygen atoms in total. The van der Waals surface area contributed by atoms with Gasteiger partial charge >= 0.3 is 0 Å². The van der Waals surface area contributed by atoms with Crippen molar-refractivity contribution in [2.75, 3.05) is 11.4 Å². The summed E-state index contributed by atoms with van der Waals surface area (Å²) < 4.78 is 5.61. The lowest BCUT2D eigenvalue weighted by Crippen LogP contribution is -2.36. The first-order valence-corrected chi connectivity index (χ1v) is 8.94. The number of anilines is 1. The molecule has 1 aliphatic rings. The molecule has 2 aromatic rings. The van der Waals surface area contributed by atoms with E-state index in [9.17, 15) is 9.59 Å². The number of carbonyl (C=O) groups is 2. The van der Waals surface area contributed by atoms with Crippen molar-refractivity contribution >= 4 is 17.5 Å². The van der Waals surface area contributed by atoms with E-state index in [1.807, 2.05) is 68.4 Å². The zero-order valence-corrected chi connectivity index (χ0v) is 15.1. The molecular formula is C21H24N2O3. The fraction of sp³-hybridized carbons (Fsp3) is 0.333. The van der Waals surface area contributed by atoms with Crippen LogP contribution in [0.15, 0.2) is 54.6 Å². The van der Waals surface area contributed by atoms with Crippen LogP contribution in [-0.2, 0) is 16.1 Å². The normalized spacial score (nSPS) is 16.8. The van der Waals surface area contributed by atoms with Gasteiger partial charge in [-0.25, -0.2) is 0 Å². The zero-order chi connectivity index (χ0) is 18.5. The van der Waals surface area contributed by atoms with E-state index in [0.29, 0.717) is 19.5 Å². The minimum atomic E-state index is -0.612. The largest absolute Gasteiger partial charge is 0.491 e. The maximum atomic E-state index is 12.6. The summed E-state index contributed by atoms with van der Waals surface area (Å²) in [5.74, 6) is -0.149. The van der Waals surface area contributed by atoms with Crippen molar-refractivity contribution in [3.05, 3.63) is 60.2 Å². The van der Waals surface area contributed by atoms with Gasteiger partial charge in [0.2, 0.25) is 11.8 Å². The zero-order valence-electron chi connectivity index (χ0n) is 15.1. The molecule has 1 aliphatic heterocycles. The summed E-state index contributed by atoms with van der Waals surface area (Å²) in [6, 6.07) is 17.1. The highest BCUT2D eigenvalue weighted by Gasteiger charge is 2.37. The Balaban J connectivity index is 1.55. The van der Waals surface area contributed by atoms with E-state index < -0.39 is 5.92 Å². The third-order valence-corrected chi connectivity index (χ3v) is 4.35. The van der Waals surface area contributed by atoms with Crippen molar-refractivity contribution in [2.24, 2.45) is 5.92 Å². The number of benzene rings is 2. The van der Waals surface area contributed by atoms with Gasteiger partial charge in [0, 0.05) is 18.8 Å². The van der Waals surface area contributed by atoms with Gasteiger partial charge in [0.25, 0.3) is 0 Å². The van der Waals surface area contributed by atoms with Crippen molar-refractivity contribution in [1.29, 1.82) is 0 Å². The minimum Gasteiger partial charge on any atom is -0.491 e. The number of hydrogen-bond donors (Lipinski definition) is 1. The number of hydrogen-bond acceptors (Lipinski definition) is 3. The second-order valence-electron chi connectivity index (χ2n) is 6.70. The fourth-order valence-corrected chi connectivity index (χ4v) is 3.06. The van der Waals surface area contributed by atoms with Crippen LogP contribution in [0.25, 0.3) is 0 Å². The Morgan fingerprint density at radius 3 is 2.50 bits per heavy atom. The molecule has 0 aliphatic carbocycles. The molecule has 0 bridgehead atoms. The molecule has 1 atom stereocenters. The fourth-order valence-electron chi connectivity index (χ4n) is 3.06. The lowest BCUT2D eigenvalue weighted by molar-refractivity contribution is -0.132. The molecule has 0 unspecified atom stereocenters. The summed E-state index contributed by atoms with van der Waals surface area (Å²) in [6.45, 7) is 4.93. The van der Waals surface area contributed by atoms with Gasteiger partial charge in [-0.15, -0.1) is 0 Å². The molecule has 1 N–H and O–H groups in total. The molecule has 136 valence electrons. The third-order valence-electron chi connectivity index (χ3n) is 4.35. The van der Waals surface area contributed by atoms with Crippen LogP contribution < -0.4 is 15.0 Å². The SMILES string of the molecule is CC(C)Oc1ccc(CNC(=O)[C@H]2CCN(c3ccccc3)C2=O)cc1. The average molecular weight is 352 g/mol. The van der Waals surface area contributed by atoms with E-state index in [1.54, 1.807) is 4.90 Å². The van der Waals surface area contributed by atoms with Crippen molar-refractivity contribution in [3.63, 3.8) is 0 Å². The van der Waals surface area contributed by atoms with Crippen LogP contribution in [0.5, 0.6) is 5.75 Å². The predicted octanol–water partition coefficient (Wildman–Crippen LogP) is 3.14. The molecule has 26 heavy (non-hydrogen) atoms. The lowest BCUT2D eigenvalue weighted by atomic mass is 10.1. The summed E-state index contributed by atoms with van der Waals surface area (Å²) in [5.41, 5.74) is 1.81. The molecule has 1 saturated heterocycles. The van der Waals surface area contributed by atoms with Crippen LogP contribution in [0.3, 0.4) is 0 Å². The van der Waals surface area contributed by atoms with Gasteiger partial charge in [0.15, 0.2) is 0 Å². The van der Waals surface area contributed by atoms with Crippen molar-refractivity contribution in [2.45, 2.75) is 32.9 Å². The Morgan fingerprint density at radius 1 is 1.15 bits per heavy atom. The quantitative estimate of drug-likeness (QED) is 0.813. The summed E-state index contributed by atoms with van der Waals surface area (Å²) in [7, 11) is 0. The highest BCUT2D eigenvalue weighted by molar-refractivity contribution is 6.09. The number of nitrogens with zero attached hydrogens (tertiary/aromatic N) is 1. The van der Waals surface area contributed by atoms with Gasteiger partial charge in [-0.3, -0.25) is 9.59 Å². The summed E-state index contributed by atoms with van der Waals surface area (Å²) in [5, 5.41) is 2.88. The van der Waals surface area contributed by atoms with E-state index in [0.717, 1.165) is 17.0 Å².